The number of rotatable bonds is 5. The summed E-state index contributed by atoms with van der Waals surface area (Å²) in [6.07, 6.45) is 3.75. The second-order valence-corrected chi connectivity index (χ2v) is 4.69. The number of aliphatic hydroxyl groups is 1. The topological polar surface area (TPSA) is 63.8 Å². The largest absolute Gasteiger partial charge is 0.390 e. The van der Waals surface area contributed by atoms with Crippen LogP contribution in [0.3, 0.4) is 0 Å². The summed E-state index contributed by atoms with van der Waals surface area (Å²) < 4.78 is 1.76. The molecule has 0 saturated heterocycles. The molecule has 2 aromatic rings. The fourth-order valence-corrected chi connectivity index (χ4v) is 2.58. The standard InChI is InChI=1S/C11H16N4OS/c1-3-8(4-2)10-9(7-16)13-14-15(10)11-12-5-6-17-11/h5-6,8,16H,3-4,7H2,1-2H3. The molecule has 6 heteroatoms. The molecule has 0 aliphatic heterocycles. The molecule has 0 saturated carbocycles. The fraction of sp³-hybridized carbons (Fsp3) is 0.545. The molecule has 0 radical (unpaired) electrons. The number of aromatic nitrogens is 4. The van der Waals surface area contributed by atoms with E-state index in [-0.39, 0.29) is 6.61 Å². The van der Waals surface area contributed by atoms with E-state index in [0.29, 0.717) is 11.6 Å². The summed E-state index contributed by atoms with van der Waals surface area (Å²) in [7, 11) is 0. The van der Waals surface area contributed by atoms with Crippen LogP contribution in [0.25, 0.3) is 5.13 Å². The predicted octanol–water partition coefficient (Wildman–Crippen LogP) is 2.12. The highest BCUT2D eigenvalue weighted by molar-refractivity contribution is 7.12. The van der Waals surface area contributed by atoms with Crippen LogP contribution < -0.4 is 0 Å². The second-order valence-electron chi connectivity index (χ2n) is 3.82. The molecule has 0 bridgehead atoms. The SMILES string of the molecule is CCC(CC)c1c(CO)nnn1-c1nccs1. The minimum absolute atomic E-state index is 0.0722. The summed E-state index contributed by atoms with van der Waals surface area (Å²) in [6.45, 7) is 4.19. The number of aliphatic hydroxyl groups excluding tert-OH is 1. The highest BCUT2D eigenvalue weighted by atomic mass is 32.1. The smallest absolute Gasteiger partial charge is 0.211 e. The molecule has 0 atom stereocenters. The molecule has 0 amide bonds. The van der Waals surface area contributed by atoms with Gasteiger partial charge in [-0.05, 0) is 12.8 Å². The van der Waals surface area contributed by atoms with Gasteiger partial charge in [0.2, 0.25) is 5.13 Å². The van der Waals surface area contributed by atoms with Gasteiger partial charge in [-0.1, -0.05) is 19.1 Å². The summed E-state index contributed by atoms with van der Waals surface area (Å²) >= 11 is 1.52. The maximum Gasteiger partial charge on any atom is 0.211 e. The first-order valence-corrected chi connectivity index (χ1v) is 6.64. The Morgan fingerprint density at radius 2 is 2.18 bits per heavy atom. The molecule has 92 valence electrons. The first kappa shape index (κ1) is 12.2. The zero-order valence-corrected chi connectivity index (χ0v) is 10.8. The van der Waals surface area contributed by atoms with Crippen molar-refractivity contribution in [3.05, 3.63) is 23.0 Å². The molecule has 2 rings (SSSR count). The minimum atomic E-state index is -0.0722. The summed E-state index contributed by atoms with van der Waals surface area (Å²) in [4.78, 5) is 4.24. The highest BCUT2D eigenvalue weighted by Crippen LogP contribution is 2.27. The van der Waals surface area contributed by atoms with Crippen molar-refractivity contribution in [3.8, 4) is 5.13 Å². The van der Waals surface area contributed by atoms with Gasteiger partial charge in [-0.2, -0.15) is 4.68 Å². The number of nitrogens with zero attached hydrogens (tertiary/aromatic N) is 4. The molecule has 0 aromatic carbocycles. The third-order valence-corrected chi connectivity index (χ3v) is 3.65. The van der Waals surface area contributed by atoms with Crippen molar-refractivity contribution >= 4 is 11.3 Å². The highest BCUT2D eigenvalue weighted by Gasteiger charge is 2.21. The van der Waals surface area contributed by atoms with E-state index >= 15 is 0 Å². The number of hydrogen-bond donors (Lipinski definition) is 1. The van der Waals surface area contributed by atoms with Crippen molar-refractivity contribution in [1.82, 2.24) is 20.0 Å². The van der Waals surface area contributed by atoms with Crippen LogP contribution in [0, 0.1) is 0 Å². The summed E-state index contributed by atoms with van der Waals surface area (Å²) in [5.74, 6) is 0.357. The van der Waals surface area contributed by atoms with Crippen molar-refractivity contribution in [2.75, 3.05) is 0 Å². The Hall–Kier alpha value is -1.27. The van der Waals surface area contributed by atoms with Gasteiger partial charge >= 0.3 is 0 Å². The Morgan fingerprint density at radius 1 is 1.41 bits per heavy atom. The lowest BCUT2D eigenvalue weighted by Crippen LogP contribution is -2.08. The van der Waals surface area contributed by atoms with Gasteiger partial charge in [0.15, 0.2) is 0 Å². The Balaban J connectivity index is 2.49. The van der Waals surface area contributed by atoms with Crippen molar-refractivity contribution in [2.45, 2.75) is 39.2 Å². The van der Waals surface area contributed by atoms with Crippen LogP contribution in [0.4, 0.5) is 0 Å². The first-order valence-electron chi connectivity index (χ1n) is 5.76. The van der Waals surface area contributed by atoms with Gasteiger partial charge in [-0.25, -0.2) is 4.98 Å². The van der Waals surface area contributed by atoms with Crippen LogP contribution in [-0.2, 0) is 6.61 Å². The third kappa shape index (κ3) is 2.23. The Bertz CT molecular complexity index is 462. The molecule has 5 nitrogen and oxygen atoms in total. The minimum Gasteiger partial charge on any atom is -0.390 e. The van der Waals surface area contributed by atoms with Gasteiger partial charge in [-0.3, -0.25) is 0 Å². The molecule has 0 fully saturated rings. The molecule has 2 heterocycles. The van der Waals surface area contributed by atoms with E-state index in [2.05, 4.69) is 29.1 Å². The van der Waals surface area contributed by atoms with Crippen LogP contribution in [0.2, 0.25) is 0 Å². The lowest BCUT2D eigenvalue weighted by Gasteiger charge is -2.13. The van der Waals surface area contributed by atoms with E-state index < -0.39 is 0 Å². The monoisotopic (exact) mass is 252 g/mol. The zero-order chi connectivity index (χ0) is 12.3. The maximum atomic E-state index is 9.34. The maximum absolute atomic E-state index is 9.34. The summed E-state index contributed by atoms with van der Waals surface area (Å²) in [6, 6.07) is 0. The van der Waals surface area contributed by atoms with Crippen LogP contribution in [0.15, 0.2) is 11.6 Å². The van der Waals surface area contributed by atoms with Crippen LogP contribution in [0.1, 0.15) is 44.0 Å². The Kier molecular flexibility index (Phi) is 3.86. The van der Waals surface area contributed by atoms with E-state index in [1.807, 2.05) is 5.38 Å². The van der Waals surface area contributed by atoms with Crippen molar-refractivity contribution < 1.29 is 5.11 Å². The molecular weight excluding hydrogens is 236 g/mol. The zero-order valence-electron chi connectivity index (χ0n) is 10.00. The quantitative estimate of drug-likeness (QED) is 0.885. The summed E-state index contributed by atoms with van der Waals surface area (Å²) in [5, 5.41) is 20.2. The van der Waals surface area contributed by atoms with Crippen molar-refractivity contribution in [2.24, 2.45) is 0 Å². The molecule has 0 aliphatic rings. The Labute approximate surface area is 104 Å². The van der Waals surface area contributed by atoms with Gasteiger partial charge in [0, 0.05) is 17.5 Å². The molecule has 2 aromatic heterocycles. The Morgan fingerprint density at radius 3 is 2.71 bits per heavy atom. The van der Waals surface area contributed by atoms with Gasteiger partial charge in [0.25, 0.3) is 0 Å². The number of thiazole rings is 1. The average Bonchev–Trinajstić information content (AvgIpc) is 2.98. The second kappa shape index (κ2) is 5.37. The molecule has 0 aliphatic carbocycles. The lowest BCUT2D eigenvalue weighted by atomic mass is 9.98. The molecule has 0 unspecified atom stereocenters. The van der Waals surface area contributed by atoms with Crippen LogP contribution >= 0.6 is 11.3 Å². The van der Waals surface area contributed by atoms with Crippen molar-refractivity contribution in [1.29, 1.82) is 0 Å². The lowest BCUT2D eigenvalue weighted by molar-refractivity contribution is 0.274. The van der Waals surface area contributed by atoms with E-state index in [1.165, 1.54) is 11.3 Å². The predicted molar refractivity (Wildman–Crippen MR) is 66.3 cm³/mol. The molecule has 1 N–H and O–H groups in total. The number of hydrogen-bond acceptors (Lipinski definition) is 5. The van der Waals surface area contributed by atoms with Gasteiger partial charge in [-0.15, -0.1) is 16.4 Å². The van der Waals surface area contributed by atoms with Gasteiger partial charge < -0.3 is 5.11 Å². The van der Waals surface area contributed by atoms with E-state index in [1.54, 1.807) is 10.9 Å². The van der Waals surface area contributed by atoms with Gasteiger partial charge in [0.05, 0.1) is 12.3 Å². The fourth-order valence-electron chi connectivity index (χ4n) is 1.98. The van der Waals surface area contributed by atoms with Crippen LogP contribution in [-0.4, -0.2) is 25.1 Å². The van der Waals surface area contributed by atoms with E-state index in [4.69, 9.17) is 0 Å². The molecule has 0 spiro atoms. The normalized spacial score (nSPS) is 11.3. The first-order chi connectivity index (χ1) is 8.31. The summed E-state index contributed by atoms with van der Waals surface area (Å²) in [5.41, 5.74) is 1.65. The third-order valence-electron chi connectivity index (χ3n) is 2.90. The van der Waals surface area contributed by atoms with Crippen molar-refractivity contribution in [3.63, 3.8) is 0 Å². The van der Waals surface area contributed by atoms with Crippen LogP contribution in [0.5, 0.6) is 0 Å². The molecular formula is C11H16N4OS. The van der Waals surface area contributed by atoms with E-state index in [9.17, 15) is 5.11 Å². The van der Waals surface area contributed by atoms with Gasteiger partial charge in [0.1, 0.15) is 5.69 Å². The van der Waals surface area contributed by atoms with E-state index in [0.717, 1.165) is 23.7 Å². The average molecular weight is 252 g/mol. The molecule has 17 heavy (non-hydrogen) atoms.